The molecule has 5 nitrogen and oxygen atoms in total. The number of aliphatic hydroxyl groups is 1. The fourth-order valence-electron chi connectivity index (χ4n) is 1.21. The van der Waals surface area contributed by atoms with Gasteiger partial charge in [-0.3, -0.25) is 0 Å². The van der Waals surface area contributed by atoms with E-state index < -0.39 is 12.1 Å². The Morgan fingerprint density at radius 3 is 2.33 bits per heavy atom. The van der Waals surface area contributed by atoms with Gasteiger partial charge in [0.2, 0.25) is 0 Å². The van der Waals surface area contributed by atoms with Crippen LogP contribution in [0.5, 0.6) is 0 Å². The molecule has 15 heavy (non-hydrogen) atoms. The van der Waals surface area contributed by atoms with E-state index in [0.29, 0.717) is 11.3 Å². The summed E-state index contributed by atoms with van der Waals surface area (Å²) in [5, 5.41) is 12.1. The number of aliphatic hydroxyl groups excluding tert-OH is 1. The van der Waals surface area contributed by atoms with Crippen molar-refractivity contribution in [2.24, 2.45) is 11.5 Å². The van der Waals surface area contributed by atoms with Crippen molar-refractivity contribution in [2.75, 3.05) is 5.32 Å². The second-order valence-corrected chi connectivity index (χ2v) is 3.42. The standard InChI is InChI=1S/C10H15N3O2/c1-6(11)9(14)7-2-4-8(5-3-7)13-10(12)15/h2-6,9,14H,11H2,1H3,(H3,12,13,15). The molecule has 6 N–H and O–H groups in total. The summed E-state index contributed by atoms with van der Waals surface area (Å²) in [6, 6.07) is 5.76. The van der Waals surface area contributed by atoms with Gasteiger partial charge in [-0.2, -0.15) is 0 Å². The first-order valence-corrected chi connectivity index (χ1v) is 4.61. The van der Waals surface area contributed by atoms with Crippen molar-refractivity contribution in [2.45, 2.75) is 19.1 Å². The second kappa shape index (κ2) is 4.77. The number of benzene rings is 1. The molecular weight excluding hydrogens is 194 g/mol. The highest BCUT2D eigenvalue weighted by atomic mass is 16.3. The van der Waals surface area contributed by atoms with Crippen LogP contribution in [0.1, 0.15) is 18.6 Å². The molecule has 1 rings (SSSR count). The molecule has 0 aliphatic rings. The quantitative estimate of drug-likeness (QED) is 0.585. The zero-order chi connectivity index (χ0) is 11.4. The third-order valence-electron chi connectivity index (χ3n) is 2.02. The first-order chi connectivity index (χ1) is 7.00. The van der Waals surface area contributed by atoms with Crippen LogP contribution >= 0.6 is 0 Å². The average Bonchev–Trinajstić information content (AvgIpc) is 2.17. The average molecular weight is 209 g/mol. The van der Waals surface area contributed by atoms with Crippen molar-refractivity contribution in [3.63, 3.8) is 0 Å². The van der Waals surface area contributed by atoms with Crippen LogP contribution in [0.4, 0.5) is 10.5 Å². The third-order valence-corrected chi connectivity index (χ3v) is 2.02. The molecule has 0 bridgehead atoms. The lowest BCUT2D eigenvalue weighted by molar-refractivity contribution is 0.153. The summed E-state index contributed by atoms with van der Waals surface area (Å²) in [6.45, 7) is 1.72. The van der Waals surface area contributed by atoms with Gasteiger partial charge in [-0.1, -0.05) is 12.1 Å². The minimum absolute atomic E-state index is 0.333. The van der Waals surface area contributed by atoms with Crippen LogP contribution in [0.25, 0.3) is 0 Å². The van der Waals surface area contributed by atoms with Crippen molar-refractivity contribution in [1.82, 2.24) is 0 Å². The number of nitrogens with one attached hydrogen (secondary N) is 1. The monoisotopic (exact) mass is 209 g/mol. The number of carbonyl (C=O) groups is 1. The SMILES string of the molecule is CC(N)C(O)c1ccc(NC(N)=O)cc1. The molecule has 0 radical (unpaired) electrons. The molecule has 2 atom stereocenters. The molecule has 0 spiro atoms. The van der Waals surface area contributed by atoms with Crippen molar-refractivity contribution in [3.05, 3.63) is 29.8 Å². The van der Waals surface area contributed by atoms with Crippen LogP contribution in [-0.2, 0) is 0 Å². The summed E-state index contributed by atoms with van der Waals surface area (Å²) in [5.41, 5.74) is 11.8. The molecular formula is C10H15N3O2. The van der Waals surface area contributed by atoms with Crippen molar-refractivity contribution in [3.8, 4) is 0 Å². The van der Waals surface area contributed by atoms with E-state index in [9.17, 15) is 9.90 Å². The molecule has 1 aromatic rings. The maximum atomic E-state index is 10.5. The number of nitrogens with two attached hydrogens (primary N) is 2. The van der Waals surface area contributed by atoms with E-state index in [1.807, 2.05) is 0 Å². The molecule has 1 aromatic carbocycles. The number of anilines is 1. The maximum Gasteiger partial charge on any atom is 0.316 e. The van der Waals surface area contributed by atoms with E-state index in [4.69, 9.17) is 11.5 Å². The minimum atomic E-state index is -0.701. The van der Waals surface area contributed by atoms with Crippen LogP contribution in [0.15, 0.2) is 24.3 Å². The lowest BCUT2D eigenvalue weighted by atomic mass is 10.0. The lowest BCUT2D eigenvalue weighted by Gasteiger charge is -2.15. The molecule has 2 amide bonds. The molecule has 0 aliphatic carbocycles. The molecule has 5 heteroatoms. The normalized spacial score (nSPS) is 14.3. The fourth-order valence-corrected chi connectivity index (χ4v) is 1.21. The molecule has 0 saturated heterocycles. The van der Waals surface area contributed by atoms with Crippen LogP contribution in [0.2, 0.25) is 0 Å². The Morgan fingerprint density at radius 2 is 1.93 bits per heavy atom. The number of urea groups is 1. The van der Waals surface area contributed by atoms with E-state index >= 15 is 0 Å². The van der Waals surface area contributed by atoms with E-state index in [2.05, 4.69) is 5.32 Å². The number of rotatable bonds is 3. The smallest absolute Gasteiger partial charge is 0.316 e. The van der Waals surface area contributed by atoms with Crippen LogP contribution < -0.4 is 16.8 Å². The van der Waals surface area contributed by atoms with Gasteiger partial charge in [0.05, 0.1) is 6.10 Å². The summed E-state index contributed by atoms with van der Waals surface area (Å²) in [5.74, 6) is 0. The fraction of sp³-hybridized carbons (Fsp3) is 0.300. The molecule has 82 valence electrons. The summed E-state index contributed by atoms with van der Waals surface area (Å²) < 4.78 is 0. The topological polar surface area (TPSA) is 101 Å². The second-order valence-electron chi connectivity index (χ2n) is 3.42. The highest BCUT2D eigenvalue weighted by Gasteiger charge is 2.11. The molecule has 0 aromatic heterocycles. The number of amides is 2. The summed E-state index contributed by atoms with van der Waals surface area (Å²) in [7, 11) is 0. The maximum absolute atomic E-state index is 10.5. The predicted molar refractivity (Wildman–Crippen MR) is 58.3 cm³/mol. The van der Waals surface area contributed by atoms with E-state index in [1.54, 1.807) is 31.2 Å². The van der Waals surface area contributed by atoms with Gasteiger partial charge in [0.1, 0.15) is 0 Å². The Kier molecular flexibility index (Phi) is 3.65. The molecule has 2 unspecified atom stereocenters. The summed E-state index contributed by atoms with van der Waals surface area (Å²) >= 11 is 0. The number of primary amides is 1. The van der Waals surface area contributed by atoms with Gasteiger partial charge < -0.3 is 21.9 Å². The first kappa shape index (κ1) is 11.5. The van der Waals surface area contributed by atoms with Gasteiger partial charge in [0.25, 0.3) is 0 Å². The summed E-state index contributed by atoms with van der Waals surface area (Å²) in [4.78, 5) is 10.5. The van der Waals surface area contributed by atoms with E-state index in [1.165, 1.54) is 0 Å². The number of hydrogen-bond donors (Lipinski definition) is 4. The molecule has 0 saturated carbocycles. The van der Waals surface area contributed by atoms with Gasteiger partial charge in [0, 0.05) is 11.7 Å². The third kappa shape index (κ3) is 3.23. The molecule has 0 fully saturated rings. The van der Waals surface area contributed by atoms with Crippen LogP contribution in [0.3, 0.4) is 0 Å². The van der Waals surface area contributed by atoms with E-state index in [0.717, 1.165) is 0 Å². The lowest BCUT2D eigenvalue weighted by Crippen LogP contribution is -2.24. The predicted octanol–water partition coefficient (Wildman–Crippen LogP) is 0.558. The Balaban J connectivity index is 2.76. The van der Waals surface area contributed by atoms with Gasteiger partial charge in [-0.25, -0.2) is 4.79 Å². The highest BCUT2D eigenvalue weighted by molar-refractivity contribution is 5.87. The van der Waals surface area contributed by atoms with Crippen molar-refractivity contribution < 1.29 is 9.90 Å². The largest absolute Gasteiger partial charge is 0.387 e. The van der Waals surface area contributed by atoms with Crippen molar-refractivity contribution in [1.29, 1.82) is 0 Å². The van der Waals surface area contributed by atoms with Gasteiger partial charge >= 0.3 is 6.03 Å². The van der Waals surface area contributed by atoms with Crippen LogP contribution in [-0.4, -0.2) is 17.2 Å². The van der Waals surface area contributed by atoms with E-state index in [-0.39, 0.29) is 6.04 Å². The summed E-state index contributed by atoms with van der Waals surface area (Å²) in [6.07, 6.45) is -0.701. The zero-order valence-corrected chi connectivity index (χ0v) is 8.47. The molecule has 0 heterocycles. The number of carbonyl (C=O) groups excluding carboxylic acids is 1. The van der Waals surface area contributed by atoms with Gasteiger partial charge in [-0.15, -0.1) is 0 Å². The Morgan fingerprint density at radius 1 is 1.40 bits per heavy atom. The Bertz CT molecular complexity index is 335. The van der Waals surface area contributed by atoms with Crippen LogP contribution in [0, 0.1) is 0 Å². The first-order valence-electron chi connectivity index (χ1n) is 4.61. The van der Waals surface area contributed by atoms with Gasteiger partial charge in [-0.05, 0) is 24.6 Å². The number of hydrogen-bond acceptors (Lipinski definition) is 3. The zero-order valence-electron chi connectivity index (χ0n) is 8.47. The Hall–Kier alpha value is -1.59. The van der Waals surface area contributed by atoms with Gasteiger partial charge in [0.15, 0.2) is 0 Å². The minimum Gasteiger partial charge on any atom is -0.387 e. The highest BCUT2D eigenvalue weighted by Crippen LogP contribution is 2.17. The van der Waals surface area contributed by atoms with Crippen molar-refractivity contribution >= 4 is 11.7 Å². The Labute approximate surface area is 88.1 Å². The molecule has 0 aliphatic heterocycles.